The first-order chi connectivity index (χ1) is 29.0. The predicted octanol–water partition coefficient (Wildman–Crippen LogP) is 11.1. The molecule has 2 aromatic heterocycles. The highest BCUT2D eigenvalue weighted by atomic mass is 31.2. The van der Waals surface area contributed by atoms with Crippen molar-refractivity contribution in [2.75, 3.05) is 18.7 Å². The van der Waals surface area contributed by atoms with E-state index in [0.29, 0.717) is 47.1 Å². The smallest absolute Gasteiger partial charge is 0.342 e. The van der Waals surface area contributed by atoms with Gasteiger partial charge in [0.1, 0.15) is 35.7 Å². The van der Waals surface area contributed by atoms with Gasteiger partial charge in [0.15, 0.2) is 11.5 Å². The van der Waals surface area contributed by atoms with Crippen molar-refractivity contribution in [1.82, 2.24) is 24.6 Å². The number of carbonyl (C=O) groups is 2. The van der Waals surface area contributed by atoms with Crippen LogP contribution in [0.5, 0.6) is 11.5 Å². The molecule has 3 atom stereocenters. The Morgan fingerprint density at radius 2 is 1.45 bits per heavy atom. The minimum absolute atomic E-state index is 0.258. The number of rotatable bonds is 30. The van der Waals surface area contributed by atoms with E-state index < -0.39 is 25.6 Å². The molecule has 2 aromatic carbocycles. The number of nitrogens with zero attached hydrogens (tertiary/aromatic N) is 4. The molecule has 330 valence electrons. The minimum Gasteiger partial charge on any atom is -0.465 e. The number of nitrogen functional groups attached to an aromatic ring is 1. The van der Waals surface area contributed by atoms with Gasteiger partial charge in [-0.25, -0.2) is 20.0 Å². The summed E-state index contributed by atoms with van der Waals surface area (Å²) in [5.74, 6) is -0.162. The van der Waals surface area contributed by atoms with E-state index in [-0.39, 0.29) is 36.4 Å². The standard InChI is InChI=1S/C46H69N6O7P/c1-6-8-10-11-12-13-14-15-16-17-18-19-20-21-22-27-41(53)58-39-28-29-40(38-26-24-23-25-37(38)39)59-60(55,51-42(35(3)4)46(54)56-30-9-7-2)34-57-36(5)31-52-33-50-43-44(47)48-32-49-45(43)52/h15-16,23-26,28-29,32-33,35-36,42H,6-14,17-22,27,30-31,34H2,1-5H3,(H,51,55)(H2,47,48,49)/b16-15-/t36-,42+,60?/m1/s1. The van der Waals surface area contributed by atoms with Crippen molar-refractivity contribution in [2.45, 2.75) is 156 Å². The number of allylic oxidation sites excluding steroid dienone is 2. The van der Waals surface area contributed by atoms with Gasteiger partial charge in [0.2, 0.25) is 0 Å². The molecule has 3 N–H and O–H groups in total. The Labute approximate surface area is 357 Å². The van der Waals surface area contributed by atoms with E-state index in [1.807, 2.05) is 52.0 Å². The number of nitrogens with two attached hydrogens (primary N) is 1. The molecule has 0 spiro atoms. The molecule has 0 amide bonds. The van der Waals surface area contributed by atoms with Gasteiger partial charge in [0, 0.05) is 17.2 Å². The number of benzene rings is 2. The lowest BCUT2D eigenvalue weighted by molar-refractivity contribution is -0.147. The second-order valence-electron chi connectivity index (χ2n) is 16.0. The van der Waals surface area contributed by atoms with Crippen LogP contribution in [0.4, 0.5) is 5.82 Å². The normalized spacial score (nSPS) is 13.8. The number of ether oxygens (including phenoxy) is 3. The van der Waals surface area contributed by atoms with Gasteiger partial charge in [-0.2, -0.15) is 0 Å². The molecular formula is C46H69N6O7P. The first kappa shape index (κ1) is 48.3. The summed E-state index contributed by atoms with van der Waals surface area (Å²) in [5, 5.41) is 4.24. The number of unbranched alkanes of at least 4 members (excludes halogenated alkanes) is 12. The van der Waals surface area contributed by atoms with Gasteiger partial charge in [-0.05, 0) is 63.5 Å². The fourth-order valence-corrected chi connectivity index (χ4v) is 8.79. The molecule has 0 saturated heterocycles. The average Bonchev–Trinajstić information content (AvgIpc) is 3.65. The number of fused-ring (bicyclic) bond motifs is 2. The summed E-state index contributed by atoms with van der Waals surface area (Å²) in [5.41, 5.74) is 7.00. The number of nitrogens with one attached hydrogen (secondary N) is 1. The first-order valence-corrected chi connectivity index (χ1v) is 24.0. The first-order valence-electron chi connectivity index (χ1n) is 22.2. The molecule has 4 aromatic rings. The van der Waals surface area contributed by atoms with Crippen molar-refractivity contribution in [1.29, 1.82) is 0 Å². The number of hydrogen-bond acceptors (Lipinski definition) is 11. The Morgan fingerprint density at radius 3 is 2.13 bits per heavy atom. The zero-order valence-corrected chi connectivity index (χ0v) is 37.5. The molecule has 0 saturated carbocycles. The molecule has 0 aliphatic carbocycles. The fourth-order valence-electron chi connectivity index (χ4n) is 6.86. The van der Waals surface area contributed by atoms with E-state index in [4.69, 9.17) is 24.5 Å². The molecule has 4 rings (SSSR count). The number of hydrogen-bond donors (Lipinski definition) is 2. The number of anilines is 1. The molecule has 0 aliphatic heterocycles. The SMILES string of the molecule is CCCCCCCC/C=C\CCCCCCCC(=O)Oc1ccc(OP(=O)(CO[C@H](C)Cn2cnc3c(N)ncnc32)N[C@H](C(=O)OCCCC)C(C)C)c2ccccc12. The van der Waals surface area contributed by atoms with E-state index in [1.54, 1.807) is 23.0 Å². The van der Waals surface area contributed by atoms with Crippen molar-refractivity contribution in [2.24, 2.45) is 5.92 Å². The zero-order chi connectivity index (χ0) is 43.2. The Kier molecular flexibility index (Phi) is 21.0. The number of carbonyl (C=O) groups excluding carboxylic acids is 2. The lowest BCUT2D eigenvalue weighted by Gasteiger charge is -2.28. The molecule has 1 unspecified atom stereocenters. The largest absolute Gasteiger partial charge is 0.465 e. The Morgan fingerprint density at radius 1 is 0.817 bits per heavy atom. The summed E-state index contributed by atoms with van der Waals surface area (Å²) in [6.45, 7) is 10.4. The van der Waals surface area contributed by atoms with Crippen LogP contribution in [0, 0.1) is 5.92 Å². The molecule has 0 fully saturated rings. The molecule has 2 heterocycles. The topological polar surface area (TPSA) is 170 Å². The minimum atomic E-state index is -3.99. The quantitative estimate of drug-likeness (QED) is 0.0168. The molecule has 14 heteroatoms. The van der Waals surface area contributed by atoms with E-state index in [0.717, 1.165) is 38.5 Å². The maximum Gasteiger partial charge on any atom is 0.342 e. The van der Waals surface area contributed by atoms with Gasteiger partial charge in [-0.1, -0.05) is 122 Å². The summed E-state index contributed by atoms with van der Waals surface area (Å²) in [6, 6.07) is 9.67. The third kappa shape index (κ3) is 15.9. The number of imidazole rings is 1. The third-order valence-corrected chi connectivity index (χ3v) is 12.0. The highest BCUT2D eigenvalue weighted by Gasteiger charge is 2.36. The van der Waals surface area contributed by atoms with Crippen molar-refractivity contribution in [3.05, 3.63) is 61.2 Å². The van der Waals surface area contributed by atoms with Crippen LogP contribution in [0.1, 0.15) is 137 Å². The van der Waals surface area contributed by atoms with Crippen LogP contribution >= 0.6 is 7.52 Å². The van der Waals surface area contributed by atoms with E-state index >= 15 is 0 Å². The summed E-state index contributed by atoms with van der Waals surface area (Å²) in [4.78, 5) is 38.9. The monoisotopic (exact) mass is 848 g/mol. The van der Waals surface area contributed by atoms with E-state index in [2.05, 4.69) is 39.1 Å². The molecule has 60 heavy (non-hydrogen) atoms. The number of aromatic nitrogens is 4. The van der Waals surface area contributed by atoms with Crippen LogP contribution in [-0.2, 0) is 30.2 Å². The van der Waals surface area contributed by atoms with E-state index in [9.17, 15) is 14.2 Å². The van der Waals surface area contributed by atoms with Crippen LogP contribution in [0.2, 0.25) is 0 Å². The van der Waals surface area contributed by atoms with Crippen LogP contribution in [0.15, 0.2) is 61.2 Å². The Balaban J connectivity index is 1.37. The number of esters is 2. The summed E-state index contributed by atoms with van der Waals surface area (Å²) in [6.07, 6.45) is 24.1. The lowest BCUT2D eigenvalue weighted by Crippen LogP contribution is -2.42. The molecule has 0 aliphatic rings. The summed E-state index contributed by atoms with van der Waals surface area (Å²) < 4.78 is 40.7. The summed E-state index contributed by atoms with van der Waals surface area (Å²) in [7, 11) is -3.99. The van der Waals surface area contributed by atoms with Crippen LogP contribution < -0.4 is 20.1 Å². The van der Waals surface area contributed by atoms with Crippen LogP contribution in [0.25, 0.3) is 21.9 Å². The second kappa shape index (κ2) is 26.1. The maximum atomic E-state index is 14.9. The molecular weight excluding hydrogens is 780 g/mol. The average molecular weight is 849 g/mol. The molecule has 13 nitrogen and oxygen atoms in total. The van der Waals surface area contributed by atoms with Crippen LogP contribution in [0.3, 0.4) is 0 Å². The van der Waals surface area contributed by atoms with E-state index in [1.165, 1.54) is 57.7 Å². The third-order valence-electron chi connectivity index (χ3n) is 10.4. The highest BCUT2D eigenvalue weighted by molar-refractivity contribution is 7.57. The van der Waals surface area contributed by atoms with Gasteiger partial charge >= 0.3 is 19.5 Å². The van der Waals surface area contributed by atoms with Crippen molar-refractivity contribution in [3.63, 3.8) is 0 Å². The van der Waals surface area contributed by atoms with Gasteiger partial charge in [0.25, 0.3) is 0 Å². The zero-order valence-electron chi connectivity index (χ0n) is 36.6. The van der Waals surface area contributed by atoms with Gasteiger partial charge in [0.05, 0.1) is 25.6 Å². The lowest BCUT2D eigenvalue weighted by atomic mass is 10.1. The van der Waals surface area contributed by atoms with Gasteiger partial charge in [-0.15, -0.1) is 0 Å². The van der Waals surface area contributed by atoms with Crippen molar-refractivity contribution < 1.29 is 32.9 Å². The molecule has 0 bridgehead atoms. The van der Waals surface area contributed by atoms with Crippen molar-refractivity contribution in [3.8, 4) is 11.5 Å². The van der Waals surface area contributed by atoms with Gasteiger partial charge < -0.3 is 29.0 Å². The van der Waals surface area contributed by atoms with Crippen molar-refractivity contribution >= 4 is 47.2 Å². The van der Waals surface area contributed by atoms with Gasteiger partial charge in [-0.3, -0.25) is 14.2 Å². The highest BCUT2D eigenvalue weighted by Crippen LogP contribution is 2.47. The maximum absolute atomic E-state index is 14.9. The predicted molar refractivity (Wildman–Crippen MR) is 240 cm³/mol. The fraction of sp³-hybridized carbons (Fsp3) is 0.587. The Hall–Kier alpha value is -4.32. The Bertz CT molecular complexity index is 1990. The summed E-state index contributed by atoms with van der Waals surface area (Å²) >= 11 is 0. The second-order valence-corrected chi connectivity index (χ2v) is 18.0. The van der Waals surface area contributed by atoms with Crippen LogP contribution in [-0.4, -0.2) is 56.6 Å². The molecule has 0 radical (unpaired) electrons.